The number of nitrogens with zero attached hydrogens (tertiary/aromatic N) is 2. The summed E-state index contributed by atoms with van der Waals surface area (Å²) in [6.45, 7) is 4.80. The summed E-state index contributed by atoms with van der Waals surface area (Å²) in [6.07, 6.45) is 6.43. The number of carboxylic acid groups (broad SMARTS) is 2. The molecule has 4 rings (SSSR count). The SMILES string of the molecule is C1=Cc2nc(CNCc3nc4ccccc4[nH]3)[nH]c2CC1.CC.O=C(O)CNCC(=O)O. The zero-order chi connectivity index (χ0) is 23.3. The Balaban J connectivity index is 0.000000282. The van der Waals surface area contributed by atoms with Gasteiger partial charge in [-0.15, -0.1) is 0 Å². The Morgan fingerprint density at radius 1 is 0.969 bits per heavy atom. The van der Waals surface area contributed by atoms with E-state index in [0.29, 0.717) is 6.54 Å². The summed E-state index contributed by atoms with van der Waals surface area (Å²) >= 11 is 0. The second kappa shape index (κ2) is 13.0. The summed E-state index contributed by atoms with van der Waals surface area (Å²) in [7, 11) is 0. The molecule has 1 aliphatic carbocycles. The highest BCUT2D eigenvalue weighted by atomic mass is 16.4. The molecule has 0 saturated heterocycles. The Bertz CT molecular complexity index is 993. The van der Waals surface area contributed by atoms with Crippen LogP contribution in [0.2, 0.25) is 0 Å². The van der Waals surface area contributed by atoms with E-state index in [0.717, 1.165) is 47.8 Å². The monoisotopic (exact) mass is 442 g/mol. The molecule has 2 heterocycles. The third-order valence-corrected chi connectivity index (χ3v) is 4.27. The number of benzene rings is 1. The van der Waals surface area contributed by atoms with Crippen LogP contribution in [-0.2, 0) is 29.1 Å². The Morgan fingerprint density at radius 2 is 1.62 bits per heavy atom. The van der Waals surface area contributed by atoms with Gasteiger partial charge in [0.25, 0.3) is 0 Å². The maximum atomic E-state index is 9.73. The van der Waals surface area contributed by atoms with Gasteiger partial charge in [-0.2, -0.15) is 0 Å². The average Bonchev–Trinajstić information content (AvgIpc) is 3.38. The number of aromatic amines is 2. The van der Waals surface area contributed by atoms with Crippen LogP contribution in [0.3, 0.4) is 0 Å². The molecule has 0 atom stereocenters. The Labute approximate surface area is 186 Å². The fourth-order valence-corrected chi connectivity index (χ4v) is 2.98. The molecule has 1 aromatic carbocycles. The van der Waals surface area contributed by atoms with Crippen molar-refractivity contribution in [3.8, 4) is 0 Å². The molecule has 0 unspecified atom stereocenters. The van der Waals surface area contributed by atoms with Crippen LogP contribution in [0.1, 0.15) is 43.3 Å². The maximum Gasteiger partial charge on any atom is 0.317 e. The third kappa shape index (κ3) is 7.97. The van der Waals surface area contributed by atoms with Crippen LogP contribution in [-0.4, -0.2) is 55.2 Å². The summed E-state index contributed by atoms with van der Waals surface area (Å²) < 4.78 is 0. The van der Waals surface area contributed by atoms with E-state index in [9.17, 15) is 9.59 Å². The molecule has 0 fully saturated rings. The first-order chi connectivity index (χ1) is 15.5. The van der Waals surface area contributed by atoms with E-state index in [1.54, 1.807) is 0 Å². The average molecular weight is 443 g/mol. The van der Waals surface area contributed by atoms with Gasteiger partial charge >= 0.3 is 11.9 Å². The van der Waals surface area contributed by atoms with E-state index in [2.05, 4.69) is 42.7 Å². The number of fused-ring (bicyclic) bond motifs is 2. The van der Waals surface area contributed by atoms with Gasteiger partial charge in [0, 0.05) is 5.69 Å². The number of H-pyrrole nitrogens is 2. The molecule has 0 spiro atoms. The summed E-state index contributed by atoms with van der Waals surface area (Å²) in [5.74, 6) is -0.178. The number of rotatable bonds is 8. The number of para-hydroxylation sites is 2. The Kier molecular flexibility index (Phi) is 10.1. The number of aryl methyl sites for hydroxylation is 1. The molecule has 6 N–H and O–H groups in total. The van der Waals surface area contributed by atoms with Gasteiger partial charge in [0.2, 0.25) is 0 Å². The lowest BCUT2D eigenvalue weighted by Gasteiger charge is -2.00. The van der Waals surface area contributed by atoms with E-state index >= 15 is 0 Å². The van der Waals surface area contributed by atoms with Crippen LogP contribution in [0.4, 0.5) is 0 Å². The molecule has 2 aromatic heterocycles. The molecule has 0 aliphatic heterocycles. The van der Waals surface area contributed by atoms with Gasteiger partial charge < -0.3 is 25.5 Å². The Hall–Kier alpha value is -3.50. The Morgan fingerprint density at radius 3 is 2.25 bits per heavy atom. The first-order valence-corrected chi connectivity index (χ1v) is 10.5. The predicted octanol–water partition coefficient (Wildman–Crippen LogP) is 2.31. The van der Waals surface area contributed by atoms with Gasteiger partial charge in [-0.25, -0.2) is 9.97 Å². The molecular formula is C22H30N6O4. The number of aromatic nitrogens is 4. The largest absolute Gasteiger partial charge is 0.480 e. The van der Waals surface area contributed by atoms with E-state index in [1.807, 2.05) is 38.1 Å². The summed E-state index contributed by atoms with van der Waals surface area (Å²) in [5.41, 5.74) is 4.42. The van der Waals surface area contributed by atoms with E-state index in [1.165, 1.54) is 5.69 Å². The van der Waals surface area contributed by atoms with Crippen molar-refractivity contribution in [2.45, 2.75) is 39.8 Å². The van der Waals surface area contributed by atoms with Crippen molar-refractivity contribution in [3.05, 3.63) is 53.4 Å². The lowest BCUT2D eigenvalue weighted by molar-refractivity contribution is -0.137. The minimum atomic E-state index is -1.06. The topological polar surface area (TPSA) is 156 Å². The van der Waals surface area contributed by atoms with Crippen molar-refractivity contribution in [1.82, 2.24) is 30.6 Å². The lowest BCUT2D eigenvalue weighted by Crippen LogP contribution is -2.27. The van der Waals surface area contributed by atoms with Crippen molar-refractivity contribution < 1.29 is 19.8 Å². The van der Waals surface area contributed by atoms with Crippen molar-refractivity contribution in [2.75, 3.05) is 13.1 Å². The third-order valence-electron chi connectivity index (χ3n) is 4.27. The van der Waals surface area contributed by atoms with Crippen LogP contribution in [0.5, 0.6) is 0 Å². The minimum Gasteiger partial charge on any atom is -0.480 e. The molecule has 0 saturated carbocycles. The number of hydrogen-bond donors (Lipinski definition) is 6. The first kappa shape index (κ1) is 24.8. The molecule has 172 valence electrons. The van der Waals surface area contributed by atoms with Gasteiger partial charge in [-0.1, -0.05) is 32.1 Å². The molecule has 0 amide bonds. The molecule has 10 nitrogen and oxygen atoms in total. The molecule has 10 heteroatoms. The van der Waals surface area contributed by atoms with Crippen LogP contribution < -0.4 is 10.6 Å². The summed E-state index contributed by atoms with van der Waals surface area (Å²) in [5, 5.41) is 21.5. The van der Waals surface area contributed by atoms with Crippen molar-refractivity contribution in [3.63, 3.8) is 0 Å². The van der Waals surface area contributed by atoms with E-state index < -0.39 is 11.9 Å². The van der Waals surface area contributed by atoms with Crippen molar-refractivity contribution in [2.24, 2.45) is 0 Å². The van der Waals surface area contributed by atoms with Crippen molar-refractivity contribution >= 4 is 29.0 Å². The number of aliphatic carboxylic acids is 2. The second-order valence-corrected chi connectivity index (χ2v) is 6.68. The fourth-order valence-electron chi connectivity index (χ4n) is 2.98. The van der Waals surface area contributed by atoms with Gasteiger partial charge in [0.15, 0.2) is 0 Å². The number of carboxylic acids is 2. The summed E-state index contributed by atoms with van der Waals surface area (Å²) in [4.78, 5) is 35.3. The predicted molar refractivity (Wildman–Crippen MR) is 122 cm³/mol. The standard InChI is InChI=1S/C16H17N5.C4H7NO4.C2H6/c1-2-6-12-11(5-1)18-15(19-12)9-17-10-16-20-13-7-3-4-8-14(13)21-16;6-3(7)1-5-2-4(8)9;1-2/h1-3,5-7,17H,4,8-10H2,(H,18,19)(H,20,21);5H,1-2H2,(H,6,7)(H,8,9);1-2H3. The smallest absolute Gasteiger partial charge is 0.317 e. The quantitative estimate of drug-likeness (QED) is 0.310. The highest BCUT2D eigenvalue weighted by molar-refractivity contribution is 5.74. The van der Waals surface area contributed by atoms with Gasteiger partial charge in [-0.3, -0.25) is 14.9 Å². The summed E-state index contributed by atoms with van der Waals surface area (Å²) in [6, 6.07) is 8.07. The number of nitrogens with one attached hydrogen (secondary N) is 4. The first-order valence-electron chi connectivity index (χ1n) is 10.5. The normalized spacial score (nSPS) is 11.7. The van der Waals surface area contributed by atoms with Gasteiger partial charge in [-0.05, 0) is 31.1 Å². The molecule has 1 aliphatic rings. The highest BCUT2D eigenvalue weighted by Gasteiger charge is 2.10. The van der Waals surface area contributed by atoms with E-state index in [4.69, 9.17) is 10.2 Å². The molecule has 32 heavy (non-hydrogen) atoms. The minimum absolute atomic E-state index is 0.313. The van der Waals surface area contributed by atoms with Crippen LogP contribution >= 0.6 is 0 Å². The fraction of sp³-hybridized carbons (Fsp3) is 0.364. The van der Waals surface area contributed by atoms with Crippen molar-refractivity contribution in [1.29, 1.82) is 0 Å². The molecule has 0 radical (unpaired) electrons. The lowest BCUT2D eigenvalue weighted by atomic mass is 10.1. The van der Waals surface area contributed by atoms with Crippen LogP contribution in [0.25, 0.3) is 17.1 Å². The zero-order valence-corrected chi connectivity index (χ0v) is 18.3. The second-order valence-electron chi connectivity index (χ2n) is 6.68. The number of carbonyl (C=O) groups is 2. The van der Waals surface area contributed by atoms with E-state index in [-0.39, 0.29) is 13.1 Å². The van der Waals surface area contributed by atoms with Crippen LogP contribution in [0, 0.1) is 0 Å². The number of allylic oxidation sites excluding steroid dienone is 1. The zero-order valence-electron chi connectivity index (χ0n) is 18.3. The molecule has 0 bridgehead atoms. The van der Waals surface area contributed by atoms with Gasteiger partial charge in [0.1, 0.15) is 11.6 Å². The molecule has 3 aromatic rings. The van der Waals surface area contributed by atoms with Crippen LogP contribution in [0.15, 0.2) is 30.3 Å². The molecular weight excluding hydrogens is 412 g/mol. The number of hydrogen-bond acceptors (Lipinski definition) is 6. The highest BCUT2D eigenvalue weighted by Crippen LogP contribution is 2.16. The van der Waals surface area contributed by atoms with Gasteiger partial charge in [0.05, 0.1) is 42.9 Å². The maximum absolute atomic E-state index is 9.73. The number of imidazole rings is 2.